The number of carbonyl (C=O) groups is 1. The summed E-state index contributed by atoms with van der Waals surface area (Å²) in [5, 5.41) is 6.32. The Hall–Kier alpha value is -3.39. The average molecular weight is 547 g/mol. The van der Waals surface area contributed by atoms with E-state index in [0.29, 0.717) is 34.8 Å². The molecule has 1 aliphatic carbocycles. The summed E-state index contributed by atoms with van der Waals surface area (Å²) in [4.78, 5) is 20.9. The number of rotatable bonds is 8. The molecule has 2 fully saturated rings. The lowest BCUT2D eigenvalue weighted by Crippen LogP contribution is -2.36. The molecule has 2 N–H and O–H groups in total. The van der Waals surface area contributed by atoms with E-state index in [4.69, 9.17) is 4.98 Å². The SMILES string of the molecule is CC(C)(C)CS(=O)(=O)c1cccc(NC(=O)c2ccc(NCc3ccccc3)nc2N2CCC3(CC2)CC3)c1. The zero-order valence-corrected chi connectivity index (χ0v) is 23.9. The Bertz CT molecular complexity index is 1430. The first kappa shape index (κ1) is 27.2. The molecule has 1 saturated carbocycles. The topological polar surface area (TPSA) is 91.4 Å². The number of nitrogens with zero attached hydrogens (tertiary/aromatic N) is 2. The fraction of sp³-hybridized carbons (Fsp3) is 0.419. The summed E-state index contributed by atoms with van der Waals surface area (Å²) in [6, 6.07) is 20.3. The first-order valence-corrected chi connectivity index (χ1v) is 15.4. The molecule has 1 aromatic heterocycles. The molecule has 2 aliphatic rings. The third-order valence-corrected chi connectivity index (χ3v) is 9.81. The van der Waals surface area contributed by atoms with Crippen LogP contribution in [0.15, 0.2) is 71.6 Å². The number of nitrogens with one attached hydrogen (secondary N) is 2. The van der Waals surface area contributed by atoms with Crippen molar-refractivity contribution in [2.45, 2.75) is 57.9 Å². The Kier molecular flexibility index (Phi) is 7.42. The van der Waals surface area contributed by atoms with Gasteiger partial charge in [0.2, 0.25) is 0 Å². The highest BCUT2D eigenvalue weighted by Crippen LogP contribution is 2.54. The minimum absolute atomic E-state index is 0.0271. The van der Waals surface area contributed by atoms with Crippen LogP contribution in [0.1, 0.15) is 62.4 Å². The van der Waals surface area contributed by atoms with Crippen LogP contribution in [0.3, 0.4) is 0 Å². The number of benzene rings is 2. The molecular formula is C31H38N4O3S. The number of hydrogen-bond acceptors (Lipinski definition) is 6. The van der Waals surface area contributed by atoms with E-state index in [-0.39, 0.29) is 22.0 Å². The number of amides is 1. The summed E-state index contributed by atoms with van der Waals surface area (Å²) in [5.41, 5.74) is 2.21. The maximum atomic E-state index is 13.6. The summed E-state index contributed by atoms with van der Waals surface area (Å²) in [6.07, 6.45) is 4.83. The summed E-state index contributed by atoms with van der Waals surface area (Å²) in [6.45, 7) is 8.07. The molecule has 0 radical (unpaired) electrons. The zero-order chi connectivity index (χ0) is 27.7. The number of sulfone groups is 1. The van der Waals surface area contributed by atoms with E-state index < -0.39 is 9.84 Å². The van der Waals surface area contributed by atoms with E-state index in [0.717, 1.165) is 31.5 Å². The normalized spacial score (nSPS) is 16.6. The van der Waals surface area contributed by atoms with E-state index >= 15 is 0 Å². The largest absolute Gasteiger partial charge is 0.366 e. The van der Waals surface area contributed by atoms with Gasteiger partial charge in [0.25, 0.3) is 5.91 Å². The molecule has 1 amide bonds. The number of piperidine rings is 1. The number of carbonyl (C=O) groups excluding carboxylic acids is 1. The molecule has 2 aromatic carbocycles. The van der Waals surface area contributed by atoms with Crippen LogP contribution in [-0.2, 0) is 16.4 Å². The Labute approximate surface area is 232 Å². The molecule has 206 valence electrons. The molecule has 1 aliphatic heterocycles. The molecule has 0 unspecified atom stereocenters. The number of pyridine rings is 1. The summed E-state index contributed by atoms with van der Waals surface area (Å²) in [5.74, 6) is 1.11. The molecule has 5 rings (SSSR count). The van der Waals surface area contributed by atoms with Crippen molar-refractivity contribution in [3.63, 3.8) is 0 Å². The van der Waals surface area contributed by atoms with Gasteiger partial charge in [0.15, 0.2) is 9.84 Å². The van der Waals surface area contributed by atoms with E-state index in [9.17, 15) is 13.2 Å². The van der Waals surface area contributed by atoms with Gasteiger partial charge in [0.05, 0.1) is 16.2 Å². The first-order chi connectivity index (χ1) is 18.5. The van der Waals surface area contributed by atoms with E-state index in [2.05, 4.69) is 27.7 Å². The van der Waals surface area contributed by atoms with Crippen LogP contribution in [-0.4, -0.2) is 38.2 Å². The zero-order valence-electron chi connectivity index (χ0n) is 23.0. The highest BCUT2D eigenvalue weighted by atomic mass is 32.2. The predicted molar refractivity (Wildman–Crippen MR) is 157 cm³/mol. The highest BCUT2D eigenvalue weighted by Gasteiger charge is 2.45. The molecule has 1 spiro atoms. The van der Waals surface area contributed by atoms with Gasteiger partial charge in [0.1, 0.15) is 11.6 Å². The van der Waals surface area contributed by atoms with Crippen molar-refractivity contribution in [2.24, 2.45) is 10.8 Å². The Morgan fingerprint density at radius 3 is 2.33 bits per heavy atom. The minimum atomic E-state index is -3.49. The average Bonchev–Trinajstić information content (AvgIpc) is 3.66. The molecule has 1 saturated heterocycles. The van der Waals surface area contributed by atoms with Crippen molar-refractivity contribution in [2.75, 3.05) is 34.4 Å². The van der Waals surface area contributed by atoms with Crippen LogP contribution in [0.25, 0.3) is 0 Å². The minimum Gasteiger partial charge on any atom is -0.366 e. The van der Waals surface area contributed by atoms with Crippen molar-refractivity contribution in [1.29, 1.82) is 0 Å². The third kappa shape index (κ3) is 6.79. The number of aromatic nitrogens is 1. The van der Waals surface area contributed by atoms with Gasteiger partial charge >= 0.3 is 0 Å². The lowest BCUT2D eigenvalue weighted by Gasteiger charge is -2.34. The quantitative estimate of drug-likeness (QED) is 0.352. The summed E-state index contributed by atoms with van der Waals surface area (Å²) in [7, 11) is -3.49. The van der Waals surface area contributed by atoms with Gasteiger partial charge in [-0.3, -0.25) is 4.79 Å². The molecule has 0 bridgehead atoms. The van der Waals surface area contributed by atoms with Gasteiger partial charge in [-0.15, -0.1) is 0 Å². The van der Waals surface area contributed by atoms with Gasteiger partial charge in [-0.2, -0.15) is 0 Å². The van der Waals surface area contributed by atoms with Gasteiger partial charge < -0.3 is 15.5 Å². The monoisotopic (exact) mass is 546 g/mol. The van der Waals surface area contributed by atoms with Gasteiger partial charge in [-0.25, -0.2) is 13.4 Å². The second-order valence-electron chi connectivity index (χ2n) is 12.2. The van der Waals surface area contributed by atoms with Crippen LogP contribution in [0.2, 0.25) is 0 Å². The first-order valence-electron chi connectivity index (χ1n) is 13.7. The maximum Gasteiger partial charge on any atom is 0.259 e. The maximum absolute atomic E-state index is 13.6. The molecule has 7 nitrogen and oxygen atoms in total. The molecule has 2 heterocycles. The van der Waals surface area contributed by atoms with Crippen molar-refractivity contribution in [3.05, 3.63) is 77.9 Å². The van der Waals surface area contributed by atoms with Crippen LogP contribution >= 0.6 is 0 Å². The van der Waals surface area contributed by atoms with Crippen LogP contribution in [0.5, 0.6) is 0 Å². The number of anilines is 3. The lowest BCUT2D eigenvalue weighted by atomic mass is 9.93. The molecule has 39 heavy (non-hydrogen) atoms. The van der Waals surface area contributed by atoms with E-state index in [1.165, 1.54) is 12.8 Å². The van der Waals surface area contributed by atoms with Crippen molar-refractivity contribution < 1.29 is 13.2 Å². The molecule has 3 aromatic rings. The van der Waals surface area contributed by atoms with Crippen LogP contribution < -0.4 is 15.5 Å². The van der Waals surface area contributed by atoms with Crippen molar-refractivity contribution >= 4 is 33.1 Å². The van der Waals surface area contributed by atoms with E-state index in [1.807, 2.05) is 51.1 Å². The second kappa shape index (κ2) is 10.6. The van der Waals surface area contributed by atoms with Crippen molar-refractivity contribution in [1.82, 2.24) is 4.98 Å². The summed E-state index contributed by atoms with van der Waals surface area (Å²) < 4.78 is 25.9. The van der Waals surface area contributed by atoms with Crippen LogP contribution in [0, 0.1) is 10.8 Å². The fourth-order valence-electron chi connectivity index (χ4n) is 5.24. The van der Waals surface area contributed by atoms with Gasteiger partial charge in [-0.1, -0.05) is 57.2 Å². The number of hydrogen-bond donors (Lipinski definition) is 2. The second-order valence-corrected chi connectivity index (χ2v) is 14.2. The Balaban J connectivity index is 1.38. The van der Waals surface area contributed by atoms with Gasteiger partial charge in [0, 0.05) is 25.3 Å². The molecular weight excluding hydrogens is 508 g/mol. The Morgan fingerprint density at radius 2 is 1.67 bits per heavy atom. The fourth-order valence-corrected chi connectivity index (χ4v) is 7.14. The smallest absolute Gasteiger partial charge is 0.259 e. The van der Waals surface area contributed by atoms with Crippen molar-refractivity contribution in [3.8, 4) is 0 Å². The predicted octanol–water partition coefficient (Wildman–Crippen LogP) is 6.15. The van der Waals surface area contributed by atoms with Gasteiger partial charge in [-0.05, 0) is 72.4 Å². The van der Waals surface area contributed by atoms with Crippen LogP contribution in [0.4, 0.5) is 17.3 Å². The summed E-state index contributed by atoms with van der Waals surface area (Å²) >= 11 is 0. The molecule has 0 atom stereocenters. The lowest BCUT2D eigenvalue weighted by molar-refractivity contribution is 0.102. The van der Waals surface area contributed by atoms with E-state index in [1.54, 1.807) is 24.3 Å². The third-order valence-electron chi connectivity index (χ3n) is 7.59. The molecule has 8 heteroatoms. The Morgan fingerprint density at radius 1 is 0.949 bits per heavy atom. The standard InChI is InChI=1S/C31H38N4O3S/c1-30(2,3)22-39(37,38)25-11-7-10-24(20-25)33-29(36)26-12-13-27(32-21-23-8-5-4-6-9-23)34-28(26)35-18-16-31(14-15-31)17-19-35/h4-13,20H,14-19,21-22H2,1-3H3,(H,32,34)(H,33,36). The highest BCUT2D eigenvalue weighted by molar-refractivity contribution is 7.91.